The number of benzene rings is 1. The smallest absolute Gasteiger partial charge is 0.123 e. The Hall–Kier alpha value is -1.10. The number of ether oxygens (including phenoxy) is 2. The quantitative estimate of drug-likeness (QED) is 0.875. The van der Waals surface area contributed by atoms with Gasteiger partial charge >= 0.3 is 0 Å². The van der Waals surface area contributed by atoms with E-state index in [1.54, 1.807) is 21.1 Å². The van der Waals surface area contributed by atoms with Crippen LogP contribution in [0.5, 0.6) is 5.75 Å². The molecule has 21 heavy (non-hydrogen) atoms. The summed E-state index contributed by atoms with van der Waals surface area (Å²) in [6.45, 7) is 5.73. The van der Waals surface area contributed by atoms with E-state index in [9.17, 15) is 5.11 Å². The SMILES string of the molecule is COCC1CCN(Cc2cc(C(C)O)ccc2OC)CC1. The standard InChI is InChI=1S/C17H27NO3/c1-13(19)15-4-5-17(21-3)16(10-15)11-18-8-6-14(7-9-18)12-20-2/h4-5,10,13-14,19H,6-9,11-12H2,1-3H3. The van der Waals surface area contributed by atoms with Crippen LogP contribution in [0.4, 0.5) is 0 Å². The molecule has 0 saturated carbocycles. The van der Waals surface area contributed by atoms with Gasteiger partial charge in [-0.3, -0.25) is 4.90 Å². The first-order valence-electron chi connectivity index (χ1n) is 7.70. The van der Waals surface area contributed by atoms with Crippen molar-refractivity contribution in [1.29, 1.82) is 0 Å². The lowest BCUT2D eigenvalue weighted by molar-refractivity contribution is 0.0964. The summed E-state index contributed by atoms with van der Waals surface area (Å²) in [5.74, 6) is 1.59. The van der Waals surface area contributed by atoms with Crippen LogP contribution in [0.3, 0.4) is 0 Å². The zero-order valence-corrected chi connectivity index (χ0v) is 13.3. The van der Waals surface area contributed by atoms with Gasteiger partial charge < -0.3 is 14.6 Å². The van der Waals surface area contributed by atoms with Crippen LogP contribution >= 0.6 is 0 Å². The number of nitrogens with zero attached hydrogens (tertiary/aromatic N) is 1. The molecular formula is C17H27NO3. The molecule has 0 aliphatic carbocycles. The Morgan fingerprint density at radius 3 is 2.57 bits per heavy atom. The second kappa shape index (κ2) is 7.78. The van der Waals surface area contributed by atoms with Crippen LogP contribution in [0.15, 0.2) is 18.2 Å². The fourth-order valence-electron chi connectivity index (χ4n) is 2.97. The molecule has 0 spiro atoms. The average molecular weight is 293 g/mol. The third-order valence-corrected chi connectivity index (χ3v) is 4.29. The highest BCUT2D eigenvalue weighted by atomic mass is 16.5. The van der Waals surface area contributed by atoms with Crippen LogP contribution in [-0.2, 0) is 11.3 Å². The summed E-state index contributed by atoms with van der Waals surface area (Å²) in [4.78, 5) is 2.45. The number of rotatable bonds is 6. The number of likely N-dealkylation sites (tertiary alicyclic amines) is 1. The molecule has 1 heterocycles. The van der Waals surface area contributed by atoms with Crippen molar-refractivity contribution in [3.05, 3.63) is 29.3 Å². The third kappa shape index (κ3) is 4.43. The van der Waals surface area contributed by atoms with Gasteiger partial charge in [-0.25, -0.2) is 0 Å². The highest BCUT2D eigenvalue weighted by Gasteiger charge is 2.20. The van der Waals surface area contributed by atoms with Gasteiger partial charge in [-0.1, -0.05) is 6.07 Å². The zero-order chi connectivity index (χ0) is 15.2. The molecule has 4 heteroatoms. The number of aliphatic hydroxyl groups is 1. The second-order valence-corrected chi connectivity index (χ2v) is 5.92. The van der Waals surface area contributed by atoms with Crippen molar-refractivity contribution in [2.75, 3.05) is 33.9 Å². The lowest BCUT2D eigenvalue weighted by Gasteiger charge is -2.32. The Balaban J connectivity index is 2.00. The van der Waals surface area contributed by atoms with Crippen LogP contribution in [0.25, 0.3) is 0 Å². The molecule has 118 valence electrons. The van der Waals surface area contributed by atoms with Crippen molar-refractivity contribution in [3.8, 4) is 5.75 Å². The van der Waals surface area contributed by atoms with E-state index in [1.165, 1.54) is 12.8 Å². The molecule has 0 bridgehead atoms. The monoisotopic (exact) mass is 293 g/mol. The summed E-state index contributed by atoms with van der Waals surface area (Å²) < 4.78 is 10.7. The summed E-state index contributed by atoms with van der Waals surface area (Å²) in [5.41, 5.74) is 2.10. The molecule has 1 aliphatic heterocycles. The molecule has 1 unspecified atom stereocenters. The van der Waals surface area contributed by atoms with Crippen LogP contribution < -0.4 is 4.74 Å². The largest absolute Gasteiger partial charge is 0.496 e. The highest BCUT2D eigenvalue weighted by molar-refractivity contribution is 5.38. The van der Waals surface area contributed by atoms with E-state index >= 15 is 0 Å². The number of hydrogen-bond donors (Lipinski definition) is 1. The number of methoxy groups -OCH3 is 2. The molecule has 1 fully saturated rings. The summed E-state index contributed by atoms with van der Waals surface area (Å²) in [7, 11) is 3.48. The van der Waals surface area contributed by atoms with E-state index in [4.69, 9.17) is 9.47 Å². The molecule has 1 aliphatic rings. The Labute approximate surface area is 127 Å². The lowest BCUT2D eigenvalue weighted by atomic mass is 9.97. The normalized spacial score (nSPS) is 18.7. The van der Waals surface area contributed by atoms with Crippen molar-refractivity contribution < 1.29 is 14.6 Å². The van der Waals surface area contributed by atoms with Gasteiger partial charge in [0.15, 0.2) is 0 Å². The van der Waals surface area contributed by atoms with Gasteiger partial charge in [0.25, 0.3) is 0 Å². The molecule has 1 N–H and O–H groups in total. The van der Waals surface area contributed by atoms with E-state index in [-0.39, 0.29) is 0 Å². The van der Waals surface area contributed by atoms with Gasteiger partial charge in [0.1, 0.15) is 5.75 Å². The molecule has 1 aromatic carbocycles. The third-order valence-electron chi connectivity index (χ3n) is 4.29. The lowest BCUT2D eigenvalue weighted by Crippen LogP contribution is -2.34. The predicted octanol–water partition coefficient (Wildman–Crippen LogP) is 2.61. The predicted molar refractivity (Wildman–Crippen MR) is 83.5 cm³/mol. The molecule has 1 saturated heterocycles. The van der Waals surface area contributed by atoms with Gasteiger partial charge in [0.05, 0.1) is 13.2 Å². The Morgan fingerprint density at radius 2 is 2.00 bits per heavy atom. The van der Waals surface area contributed by atoms with E-state index in [2.05, 4.69) is 11.0 Å². The number of hydrogen-bond acceptors (Lipinski definition) is 4. The maximum Gasteiger partial charge on any atom is 0.123 e. The van der Waals surface area contributed by atoms with Crippen LogP contribution in [-0.4, -0.2) is 43.9 Å². The van der Waals surface area contributed by atoms with Gasteiger partial charge in [0.2, 0.25) is 0 Å². The molecule has 1 atom stereocenters. The van der Waals surface area contributed by atoms with Gasteiger partial charge in [-0.15, -0.1) is 0 Å². The second-order valence-electron chi connectivity index (χ2n) is 5.92. The molecule has 0 radical (unpaired) electrons. The van der Waals surface area contributed by atoms with Crippen LogP contribution in [0.2, 0.25) is 0 Å². The Morgan fingerprint density at radius 1 is 1.29 bits per heavy atom. The van der Waals surface area contributed by atoms with Crippen molar-refractivity contribution in [3.63, 3.8) is 0 Å². The number of piperidine rings is 1. The molecule has 0 amide bonds. The minimum Gasteiger partial charge on any atom is -0.496 e. The molecule has 2 rings (SSSR count). The van der Waals surface area contributed by atoms with Crippen molar-refractivity contribution in [2.24, 2.45) is 5.92 Å². The molecule has 0 aromatic heterocycles. The van der Waals surface area contributed by atoms with E-state index in [1.807, 2.05) is 12.1 Å². The molecular weight excluding hydrogens is 266 g/mol. The van der Waals surface area contributed by atoms with Crippen LogP contribution in [0, 0.1) is 5.92 Å². The van der Waals surface area contributed by atoms with Crippen LogP contribution in [0.1, 0.15) is 37.0 Å². The summed E-state index contributed by atoms with van der Waals surface area (Å²) in [6.07, 6.45) is 1.93. The van der Waals surface area contributed by atoms with Gasteiger partial charge in [-0.2, -0.15) is 0 Å². The molecule has 4 nitrogen and oxygen atoms in total. The fourth-order valence-corrected chi connectivity index (χ4v) is 2.97. The summed E-state index contributed by atoms with van der Waals surface area (Å²) >= 11 is 0. The first-order chi connectivity index (χ1) is 10.1. The minimum absolute atomic E-state index is 0.443. The first kappa shape index (κ1) is 16.3. The maximum absolute atomic E-state index is 9.74. The maximum atomic E-state index is 9.74. The molecule has 1 aromatic rings. The van der Waals surface area contributed by atoms with Crippen molar-refractivity contribution in [2.45, 2.75) is 32.4 Å². The van der Waals surface area contributed by atoms with E-state index < -0.39 is 6.10 Å². The highest BCUT2D eigenvalue weighted by Crippen LogP contribution is 2.26. The van der Waals surface area contributed by atoms with Crippen molar-refractivity contribution >= 4 is 0 Å². The minimum atomic E-state index is -0.443. The zero-order valence-electron chi connectivity index (χ0n) is 13.3. The van der Waals surface area contributed by atoms with E-state index in [0.717, 1.165) is 43.1 Å². The number of aliphatic hydroxyl groups excluding tert-OH is 1. The van der Waals surface area contributed by atoms with Gasteiger partial charge in [0, 0.05) is 25.8 Å². The van der Waals surface area contributed by atoms with E-state index in [0.29, 0.717) is 5.92 Å². The van der Waals surface area contributed by atoms with Gasteiger partial charge in [-0.05, 0) is 56.5 Å². The first-order valence-corrected chi connectivity index (χ1v) is 7.70. The average Bonchev–Trinajstić information content (AvgIpc) is 2.49. The summed E-state index contributed by atoms with van der Waals surface area (Å²) in [5, 5.41) is 9.74. The van der Waals surface area contributed by atoms with Crippen molar-refractivity contribution in [1.82, 2.24) is 4.90 Å². The Kier molecular flexibility index (Phi) is 6.03. The summed E-state index contributed by atoms with van der Waals surface area (Å²) in [6, 6.07) is 5.94. The Bertz CT molecular complexity index is 440. The fraction of sp³-hybridized carbons (Fsp3) is 0.647. The topological polar surface area (TPSA) is 41.9 Å².